The number of carbonyl (C=O) groups is 1. The van der Waals surface area contributed by atoms with E-state index in [2.05, 4.69) is 4.72 Å². The molecule has 0 radical (unpaired) electrons. The molecule has 0 heterocycles. The predicted molar refractivity (Wildman–Crippen MR) is 76.0 cm³/mol. The van der Waals surface area contributed by atoms with Gasteiger partial charge >= 0.3 is 0 Å². The molecule has 0 spiro atoms. The van der Waals surface area contributed by atoms with E-state index in [1.54, 1.807) is 25.1 Å². The van der Waals surface area contributed by atoms with Crippen LogP contribution in [0.25, 0.3) is 0 Å². The minimum Gasteiger partial charge on any atom is -0.493 e. The molecular formula is C13H19NO5S. The fraction of sp³-hybridized carbons (Fsp3) is 0.462. The highest BCUT2D eigenvalue weighted by atomic mass is 32.2. The van der Waals surface area contributed by atoms with Crippen LogP contribution in [0.5, 0.6) is 11.5 Å². The van der Waals surface area contributed by atoms with E-state index >= 15 is 0 Å². The monoisotopic (exact) mass is 301 g/mol. The third-order valence-corrected chi connectivity index (χ3v) is 3.26. The van der Waals surface area contributed by atoms with Crippen LogP contribution in [0.4, 0.5) is 0 Å². The Labute approximate surface area is 119 Å². The minimum absolute atomic E-state index is 0.0218. The third kappa shape index (κ3) is 5.18. The van der Waals surface area contributed by atoms with Gasteiger partial charge in [-0.1, -0.05) is 6.92 Å². The van der Waals surface area contributed by atoms with Gasteiger partial charge in [0.1, 0.15) is 6.61 Å². The van der Waals surface area contributed by atoms with Crippen molar-refractivity contribution in [2.45, 2.75) is 13.3 Å². The van der Waals surface area contributed by atoms with Crippen LogP contribution in [0.3, 0.4) is 0 Å². The summed E-state index contributed by atoms with van der Waals surface area (Å²) in [5.74, 6) is 0.938. The molecule has 20 heavy (non-hydrogen) atoms. The number of sulfonamides is 1. The fourth-order valence-electron chi connectivity index (χ4n) is 1.55. The highest BCUT2D eigenvalue weighted by Crippen LogP contribution is 2.28. The summed E-state index contributed by atoms with van der Waals surface area (Å²) >= 11 is 0. The molecule has 0 aliphatic rings. The summed E-state index contributed by atoms with van der Waals surface area (Å²) in [6, 6.07) is 4.92. The SMILES string of the molecule is CCC(=O)c1ccc(OCCNS(C)(=O)=O)c(OC)c1. The van der Waals surface area contributed by atoms with Gasteiger partial charge in [-0.15, -0.1) is 0 Å². The Morgan fingerprint density at radius 2 is 2.00 bits per heavy atom. The van der Waals surface area contributed by atoms with Gasteiger partial charge in [0.2, 0.25) is 10.0 Å². The second-order valence-corrected chi connectivity index (χ2v) is 5.99. The van der Waals surface area contributed by atoms with Crippen molar-refractivity contribution in [3.8, 4) is 11.5 Å². The van der Waals surface area contributed by atoms with E-state index in [0.29, 0.717) is 23.5 Å². The number of Topliss-reactive ketones (excluding diaryl/α,β-unsaturated/α-hetero) is 1. The lowest BCUT2D eigenvalue weighted by atomic mass is 10.1. The molecule has 1 aromatic rings. The van der Waals surface area contributed by atoms with Crippen molar-refractivity contribution < 1.29 is 22.7 Å². The van der Waals surface area contributed by atoms with Crippen molar-refractivity contribution in [2.75, 3.05) is 26.5 Å². The Kier molecular flexibility index (Phi) is 5.97. The maximum atomic E-state index is 11.6. The molecule has 1 rings (SSSR count). The quantitative estimate of drug-likeness (QED) is 0.576. The normalized spacial score (nSPS) is 11.2. The van der Waals surface area contributed by atoms with Gasteiger partial charge < -0.3 is 9.47 Å². The molecule has 0 unspecified atom stereocenters. The molecule has 0 aliphatic heterocycles. The number of hydrogen-bond donors (Lipinski definition) is 1. The Balaban J connectivity index is 2.68. The molecule has 0 bridgehead atoms. The van der Waals surface area contributed by atoms with Crippen LogP contribution in [-0.4, -0.2) is 40.7 Å². The van der Waals surface area contributed by atoms with Crippen molar-refractivity contribution in [1.82, 2.24) is 4.72 Å². The maximum absolute atomic E-state index is 11.6. The number of rotatable bonds is 8. The van der Waals surface area contributed by atoms with E-state index in [1.807, 2.05) is 0 Å². The zero-order valence-electron chi connectivity index (χ0n) is 11.8. The van der Waals surface area contributed by atoms with E-state index in [4.69, 9.17) is 9.47 Å². The van der Waals surface area contributed by atoms with Crippen LogP contribution < -0.4 is 14.2 Å². The molecular weight excluding hydrogens is 282 g/mol. The number of ether oxygens (including phenoxy) is 2. The van der Waals surface area contributed by atoms with Gasteiger partial charge in [0.15, 0.2) is 17.3 Å². The van der Waals surface area contributed by atoms with Gasteiger partial charge in [0.25, 0.3) is 0 Å². The van der Waals surface area contributed by atoms with Crippen LogP contribution in [0.2, 0.25) is 0 Å². The van der Waals surface area contributed by atoms with Crippen molar-refractivity contribution in [2.24, 2.45) is 0 Å². The molecule has 7 heteroatoms. The summed E-state index contributed by atoms with van der Waals surface area (Å²) in [5.41, 5.74) is 0.561. The molecule has 0 atom stereocenters. The van der Waals surface area contributed by atoms with Gasteiger partial charge in [-0.25, -0.2) is 13.1 Å². The lowest BCUT2D eigenvalue weighted by Crippen LogP contribution is -2.26. The Hall–Kier alpha value is -1.60. The lowest BCUT2D eigenvalue weighted by Gasteiger charge is -2.11. The van der Waals surface area contributed by atoms with Gasteiger partial charge in [0.05, 0.1) is 13.4 Å². The highest BCUT2D eigenvalue weighted by molar-refractivity contribution is 7.88. The van der Waals surface area contributed by atoms with E-state index < -0.39 is 10.0 Å². The van der Waals surface area contributed by atoms with E-state index in [9.17, 15) is 13.2 Å². The third-order valence-electron chi connectivity index (χ3n) is 2.53. The summed E-state index contributed by atoms with van der Waals surface area (Å²) < 4.78 is 34.7. The smallest absolute Gasteiger partial charge is 0.208 e. The number of ketones is 1. The number of hydrogen-bond acceptors (Lipinski definition) is 5. The van der Waals surface area contributed by atoms with Crippen LogP contribution in [0, 0.1) is 0 Å². The Morgan fingerprint density at radius 1 is 1.30 bits per heavy atom. The second-order valence-electron chi connectivity index (χ2n) is 4.16. The molecule has 0 aromatic heterocycles. The van der Waals surface area contributed by atoms with Crippen LogP contribution in [-0.2, 0) is 10.0 Å². The number of methoxy groups -OCH3 is 1. The van der Waals surface area contributed by atoms with Crippen molar-refractivity contribution in [3.05, 3.63) is 23.8 Å². The largest absolute Gasteiger partial charge is 0.493 e. The maximum Gasteiger partial charge on any atom is 0.208 e. The molecule has 0 amide bonds. The van der Waals surface area contributed by atoms with Gasteiger partial charge in [0, 0.05) is 18.5 Å². The van der Waals surface area contributed by atoms with Gasteiger partial charge in [-0.3, -0.25) is 4.79 Å². The summed E-state index contributed by atoms with van der Waals surface area (Å²) in [4.78, 5) is 11.6. The average molecular weight is 301 g/mol. The van der Waals surface area contributed by atoms with Crippen molar-refractivity contribution in [3.63, 3.8) is 0 Å². The summed E-state index contributed by atoms with van der Waals surface area (Å²) in [6.45, 7) is 2.12. The molecule has 0 fully saturated rings. The highest BCUT2D eigenvalue weighted by Gasteiger charge is 2.10. The van der Waals surface area contributed by atoms with Gasteiger partial charge in [-0.05, 0) is 18.2 Å². The van der Waals surface area contributed by atoms with Crippen molar-refractivity contribution in [1.29, 1.82) is 0 Å². The Bertz CT molecular complexity index is 568. The zero-order chi connectivity index (χ0) is 15.2. The zero-order valence-corrected chi connectivity index (χ0v) is 12.6. The first kappa shape index (κ1) is 16.5. The number of benzene rings is 1. The van der Waals surface area contributed by atoms with Gasteiger partial charge in [-0.2, -0.15) is 0 Å². The van der Waals surface area contributed by atoms with E-state index in [0.717, 1.165) is 6.26 Å². The predicted octanol–water partition coefficient (Wildman–Crippen LogP) is 1.22. The Morgan fingerprint density at radius 3 is 2.55 bits per heavy atom. The standard InChI is InChI=1S/C13H19NO5S/c1-4-11(15)10-5-6-12(13(9-10)18-2)19-8-7-14-20(3,16)17/h5-6,9,14H,4,7-8H2,1-3H3. The minimum atomic E-state index is -3.22. The molecule has 0 saturated carbocycles. The van der Waals surface area contributed by atoms with E-state index in [-0.39, 0.29) is 18.9 Å². The second kappa shape index (κ2) is 7.25. The van der Waals surface area contributed by atoms with Crippen molar-refractivity contribution >= 4 is 15.8 Å². The number of carbonyl (C=O) groups excluding carboxylic acids is 1. The summed E-state index contributed by atoms with van der Waals surface area (Å²) in [7, 11) is -1.74. The van der Waals surface area contributed by atoms with Crippen LogP contribution >= 0.6 is 0 Å². The topological polar surface area (TPSA) is 81.7 Å². The average Bonchev–Trinajstić information content (AvgIpc) is 2.41. The first-order valence-corrected chi connectivity index (χ1v) is 8.05. The first-order valence-electron chi connectivity index (χ1n) is 6.16. The lowest BCUT2D eigenvalue weighted by molar-refractivity contribution is 0.0987. The molecule has 112 valence electrons. The summed E-state index contributed by atoms with van der Waals surface area (Å²) in [5, 5.41) is 0. The molecule has 0 saturated heterocycles. The van der Waals surface area contributed by atoms with Crippen LogP contribution in [0.1, 0.15) is 23.7 Å². The fourth-order valence-corrected chi connectivity index (χ4v) is 2.01. The van der Waals surface area contributed by atoms with E-state index in [1.165, 1.54) is 7.11 Å². The first-order chi connectivity index (χ1) is 9.37. The molecule has 0 aliphatic carbocycles. The molecule has 6 nitrogen and oxygen atoms in total. The van der Waals surface area contributed by atoms with Crippen LogP contribution in [0.15, 0.2) is 18.2 Å². The molecule has 1 aromatic carbocycles. The molecule has 1 N–H and O–H groups in total. The number of nitrogens with one attached hydrogen (secondary N) is 1. The summed E-state index contributed by atoms with van der Waals surface area (Å²) in [6.07, 6.45) is 1.50.